The van der Waals surface area contributed by atoms with Crippen molar-refractivity contribution in [1.29, 1.82) is 0 Å². The fourth-order valence-corrected chi connectivity index (χ4v) is 3.00. The molecule has 0 aliphatic carbocycles. The van der Waals surface area contributed by atoms with Crippen molar-refractivity contribution in [3.8, 4) is 11.5 Å². The third kappa shape index (κ3) is 3.56. The molecule has 0 radical (unpaired) electrons. The molecule has 4 amide bonds. The van der Waals surface area contributed by atoms with E-state index in [9.17, 15) is 14.4 Å². The predicted molar refractivity (Wildman–Crippen MR) is 97.5 cm³/mol. The minimum absolute atomic E-state index is 0.0533. The van der Waals surface area contributed by atoms with Crippen LogP contribution < -0.4 is 20.1 Å². The molecule has 1 aromatic carbocycles. The van der Waals surface area contributed by atoms with Gasteiger partial charge in [0.1, 0.15) is 25.3 Å². The lowest BCUT2D eigenvalue weighted by Gasteiger charge is -2.25. The number of nitrogens with one attached hydrogen (secondary N) is 2. The molecule has 8 nitrogen and oxygen atoms in total. The van der Waals surface area contributed by atoms with Crippen molar-refractivity contribution in [3.05, 3.63) is 23.8 Å². The molecular weight excluding hydrogens is 350 g/mol. The molecule has 2 atom stereocenters. The van der Waals surface area contributed by atoms with Crippen molar-refractivity contribution in [3.63, 3.8) is 0 Å². The molecule has 27 heavy (non-hydrogen) atoms. The molecule has 1 aromatic rings. The lowest BCUT2D eigenvalue weighted by Crippen LogP contribution is -2.46. The minimum Gasteiger partial charge on any atom is -0.486 e. The van der Waals surface area contributed by atoms with E-state index >= 15 is 0 Å². The molecule has 0 saturated carbocycles. The summed E-state index contributed by atoms with van der Waals surface area (Å²) in [5.74, 6) is 0.538. The maximum absolute atomic E-state index is 13.0. The maximum Gasteiger partial charge on any atom is 0.325 e. The van der Waals surface area contributed by atoms with E-state index in [1.807, 2.05) is 20.8 Å². The number of fused-ring (bicyclic) bond motifs is 1. The summed E-state index contributed by atoms with van der Waals surface area (Å²) in [5.41, 5.74) is -0.694. The summed E-state index contributed by atoms with van der Waals surface area (Å²) in [4.78, 5) is 38.5. The van der Waals surface area contributed by atoms with Crippen molar-refractivity contribution in [2.45, 2.75) is 39.3 Å². The Balaban J connectivity index is 1.77. The van der Waals surface area contributed by atoms with Crippen molar-refractivity contribution in [2.24, 2.45) is 5.92 Å². The van der Waals surface area contributed by atoms with Crippen LogP contribution in [0.4, 0.5) is 4.79 Å². The Morgan fingerprint density at radius 2 is 1.89 bits per heavy atom. The molecule has 1 saturated heterocycles. The first kappa shape index (κ1) is 19.0. The second-order valence-electron chi connectivity index (χ2n) is 7.41. The summed E-state index contributed by atoms with van der Waals surface area (Å²) >= 11 is 0. The molecule has 8 heteroatoms. The number of rotatable bonds is 5. The number of amides is 4. The first-order valence-corrected chi connectivity index (χ1v) is 9.06. The van der Waals surface area contributed by atoms with Crippen molar-refractivity contribution >= 4 is 17.8 Å². The highest BCUT2D eigenvalue weighted by molar-refractivity contribution is 6.09. The smallest absolute Gasteiger partial charge is 0.325 e. The van der Waals surface area contributed by atoms with Gasteiger partial charge in [0.05, 0.1) is 0 Å². The van der Waals surface area contributed by atoms with E-state index < -0.39 is 17.5 Å². The quantitative estimate of drug-likeness (QED) is 0.758. The Kier molecular flexibility index (Phi) is 4.99. The Hall–Kier alpha value is -2.77. The van der Waals surface area contributed by atoms with Gasteiger partial charge in [-0.2, -0.15) is 0 Å². The molecule has 2 heterocycles. The lowest BCUT2D eigenvalue weighted by molar-refractivity contribution is -0.135. The Labute approximate surface area is 158 Å². The second kappa shape index (κ2) is 7.09. The van der Waals surface area contributed by atoms with Crippen LogP contribution in [0.3, 0.4) is 0 Å². The molecule has 2 N–H and O–H groups in total. The van der Waals surface area contributed by atoms with Crippen LogP contribution in [-0.4, -0.2) is 48.5 Å². The lowest BCUT2D eigenvalue weighted by atomic mass is 9.91. The SMILES string of the molecule is CC(C)[C@@H](C)NC(=O)CN1C(=O)N[C@@](C)(c2ccc3c(c2)OCCO3)C1=O. The number of imide groups is 1. The molecule has 0 spiro atoms. The van der Waals surface area contributed by atoms with E-state index in [-0.39, 0.29) is 24.4 Å². The third-order valence-electron chi connectivity index (χ3n) is 5.08. The van der Waals surface area contributed by atoms with Crippen LogP contribution in [0.25, 0.3) is 0 Å². The number of carbonyl (C=O) groups is 3. The zero-order valence-corrected chi connectivity index (χ0v) is 16.0. The van der Waals surface area contributed by atoms with Gasteiger partial charge in [0.25, 0.3) is 5.91 Å². The summed E-state index contributed by atoms with van der Waals surface area (Å²) in [7, 11) is 0. The van der Waals surface area contributed by atoms with Crippen LogP contribution in [0.5, 0.6) is 11.5 Å². The number of urea groups is 1. The van der Waals surface area contributed by atoms with Crippen LogP contribution >= 0.6 is 0 Å². The van der Waals surface area contributed by atoms with E-state index in [2.05, 4.69) is 10.6 Å². The van der Waals surface area contributed by atoms with Crippen LogP contribution in [0, 0.1) is 5.92 Å². The monoisotopic (exact) mass is 375 g/mol. The van der Waals surface area contributed by atoms with E-state index in [4.69, 9.17) is 9.47 Å². The normalized spacial score (nSPS) is 22.6. The highest BCUT2D eigenvalue weighted by Gasteiger charge is 2.49. The topological polar surface area (TPSA) is 97.0 Å². The average Bonchev–Trinajstić information content (AvgIpc) is 2.85. The second-order valence-corrected chi connectivity index (χ2v) is 7.41. The first-order chi connectivity index (χ1) is 12.7. The van der Waals surface area contributed by atoms with Crippen molar-refractivity contribution < 1.29 is 23.9 Å². The highest BCUT2D eigenvalue weighted by atomic mass is 16.6. The molecule has 0 bridgehead atoms. The number of benzene rings is 1. The van der Waals surface area contributed by atoms with Gasteiger partial charge in [0.2, 0.25) is 5.91 Å². The van der Waals surface area contributed by atoms with Gasteiger partial charge in [-0.15, -0.1) is 0 Å². The number of hydrogen-bond acceptors (Lipinski definition) is 5. The Morgan fingerprint density at radius 3 is 2.56 bits per heavy atom. The number of carbonyl (C=O) groups excluding carboxylic acids is 3. The summed E-state index contributed by atoms with van der Waals surface area (Å²) < 4.78 is 11.1. The highest BCUT2D eigenvalue weighted by Crippen LogP contribution is 2.36. The molecule has 3 rings (SSSR count). The van der Waals surface area contributed by atoms with Crippen molar-refractivity contribution in [2.75, 3.05) is 19.8 Å². The van der Waals surface area contributed by atoms with Gasteiger partial charge in [-0.25, -0.2) is 4.79 Å². The van der Waals surface area contributed by atoms with Gasteiger partial charge in [-0.3, -0.25) is 14.5 Å². The van der Waals surface area contributed by atoms with Gasteiger partial charge in [0, 0.05) is 6.04 Å². The Bertz CT molecular complexity index is 779. The van der Waals surface area contributed by atoms with E-state index in [0.29, 0.717) is 30.3 Å². The molecule has 2 aliphatic rings. The van der Waals surface area contributed by atoms with Crippen LogP contribution in [0.15, 0.2) is 18.2 Å². The van der Waals surface area contributed by atoms with Crippen LogP contribution in [0.2, 0.25) is 0 Å². The third-order valence-corrected chi connectivity index (χ3v) is 5.08. The minimum atomic E-state index is -1.27. The molecular formula is C19H25N3O5. The summed E-state index contributed by atoms with van der Waals surface area (Å²) in [6.45, 7) is 8.04. The van der Waals surface area contributed by atoms with E-state index in [1.165, 1.54) is 0 Å². The van der Waals surface area contributed by atoms with Gasteiger partial charge in [0.15, 0.2) is 11.5 Å². The Morgan fingerprint density at radius 1 is 1.22 bits per heavy atom. The average molecular weight is 375 g/mol. The first-order valence-electron chi connectivity index (χ1n) is 9.06. The van der Waals surface area contributed by atoms with Gasteiger partial charge < -0.3 is 20.1 Å². The predicted octanol–water partition coefficient (Wildman–Crippen LogP) is 1.39. The van der Waals surface area contributed by atoms with Crippen molar-refractivity contribution in [1.82, 2.24) is 15.5 Å². The fraction of sp³-hybridized carbons (Fsp3) is 0.526. The summed E-state index contributed by atoms with van der Waals surface area (Å²) in [6.07, 6.45) is 0. The zero-order chi connectivity index (χ0) is 19.8. The number of hydrogen-bond donors (Lipinski definition) is 2. The summed E-state index contributed by atoms with van der Waals surface area (Å²) in [6, 6.07) is 4.48. The van der Waals surface area contributed by atoms with Gasteiger partial charge in [-0.1, -0.05) is 19.9 Å². The van der Waals surface area contributed by atoms with E-state index in [1.54, 1.807) is 25.1 Å². The number of ether oxygens (including phenoxy) is 2. The van der Waals surface area contributed by atoms with Gasteiger partial charge in [-0.05, 0) is 37.5 Å². The maximum atomic E-state index is 13.0. The van der Waals surface area contributed by atoms with Crippen LogP contribution in [-0.2, 0) is 15.1 Å². The molecule has 146 valence electrons. The standard InChI is InChI=1S/C19H25N3O5/c1-11(2)12(3)20-16(23)10-22-17(24)19(4,21-18(22)25)13-5-6-14-15(9-13)27-8-7-26-14/h5-6,9,11-12H,7-8,10H2,1-4H3,(H,20,23)(H,21,25)/t12-,19+/m1/s1. The molecule has 0 aromatic heterocycles. The largest absolute Gasteiger partial charge is 0.486 e. The fourth-order valence-electron chi connectivity index (χ4n) is 3.00. The number of nitrogens with zero attached hydrogens (tertiary/aromatic N) is 1. The van der Waals surface area contributed by atoms with E-state index in [0.717, 1.165) is 4.90 Å². The van der Waals surface area contributed by atoms with Gasteiger partial charge >= 0.3 is 6.03 Å². The van der Waals surface area contributed by atoms with Crippen LogP contribution in [0.1, 0.15) is 33.3 Å². The molecule has 0 unspecified atom stereocenters. The molecule has 1 fully saturated rings. The summed E-state index contributed by atoms with van der Waals surface area (Å²) in [5, 5.41) is 5.50. The molecule has 2 aliphatic heterocycles. The zero-order valence-electron chi connectivity index (χ0n) is 16.0.